The third-order valence-electron chi connectivity index (χ3n) is 8.01. The van der Waals surface area contributed by atoms with E-state index in [4.69, 9.17) is 27.9 Å². The Bertz CT molecular complexity index is 1210. The van der Waals surface area contributed by atoms with Gasteiger partial charge in [0.2, 0.25) is 0 Å². The number of methoxy groups -OCH3 is 1. The number of nitrogens with zero attached hydrogens (tertiary/aromatic N) is 2. The highest BCUT2D eigenvalue weighted by molar-refractivity contribution is 6.42. The Morgan fingerprint density at radius 2 is 1.62 bits per heavy atom. The largest absolute Gasteiger partial charge is 0.497 e. The lowest BCUT2D eigenvalue weighted by Gasteiger charge is -2.45. The summed E-state index contributed by atoms with van der Waals surface area (Å²) in [5.74, 6) is 1.25. The number of rotatable bonds is 6. The van der Waals surface area contributed by atoms with Crippen LogP contribution in [0.3, 0.4) is 0 Å². The van der Waals surface area contributed by atoms with Crippen molar-refractivity contribution in [1.29, 1.82) is 0 Å². The second-order valence-electron chi connectivity index (χ2n) is 10.1. The van der Waals surface area contributed by atoms with Gasteiger partial charge in [0.25, 0.3) is 5.91 Å². The Morgan fingerprint density at radius 3 is 2.35 bits per heavy atom. The molecule has 2 fully saturated rings. The molecule has 4 nitrogen and oxygen atoms in total. The number of carbonyl (C=O) groups excluding carboxylic acids is 1. The summed E-state index contributed by atoms with van der Waals surface area (Å²) in [5.41, 5.74) is 2.84. The maximum Gasteiger partial charge on any atom is 0.258 e. The van der Waals surface area contributed by atoms with Crippen molar-refractivity contribution in [2.45, 2.75) is 56.5 Å². The Balaban J connectivity index is 1.38. The van der Waals surface area contributed by atoms with Gasteiger partial charge < -0.3 is 9.64 Å². The zero-order valence-corrected chi connectivity index (χ0v) is 22.8. The number of likely N-dealkylation sites (tertiary alicyclic amines) is 1. The Kier molecular flexibility index (Phi) is 8.39. The smallest absolute Gasteiger partial charge is 0.258 e. The van der Waals surface area contributed by atoms with E-state index in [1.165, 1.54) is 31.2 Å². The first-order valence-corrected chi connectivity index (χ1v) is 14.0. The van der Waals surface area contributed by atoms with E-state index in [9.17, 15) is 4.79 Å². The molecule has 5 rings (SSSR count). The molecule has 1 aliphatic heterocycles. The van der Waals surface area contributed by atoms with E-state index >= 15 is 0 Å². The molecule has 0 N–H and O–H groups in total. The number of carbonyl (C=O) groups is 1. The van der Waals surface area contributed by atoms with Gasteiger partial charge in [-0.05, 0) is 67.5 Å². The molecular formula is C31H34Cl2N2O2. The lowest BCUT2D eigenvalue weighted by atomic mass is 9.78. The van der Waals surface area contributed by atoms with Crippen LogP contribution in [-0.2, 0) is 0 Å². The molecule has 3 aromatic rings. The number of hydrogen-bond acceptors (Lipinski definition) is 3. The van der Waals surface area contributed by atoms with Crippen molar-refractivity contribution in [2.24, 2.45) is 0 Å². The van der Waals surface area contributed by atoms with Crippen molar-refractivity contribution >= 4 is 34.8 Å². The molecule has 0 aromatic heterocycles. The molecule has 6 heteroatoms. The van der Waals surface area contributed by atoms with Gasteiger partial charge in [0, 0.05) is 42.5 Å². The average molecular weight is 538 g/mol. The number of amides is 1. The predicted molar refractivity (Wildman–Crippen MR) is 152 cm³/mol. The first kappa shape index (κ1) is 26.1. The van der Waals surface area contributed by atoms with Crippen molar-refractivity contribution in [1.82, 2.24) is 4.90 Å². The van der Waals surface area contributed by atoms with Crippen LogP contribution < -0.4 is 9.64 Å². The summed E-state index contributed by atoms with van der Waals surface area (Å²) in [6.45, 7) is 1.96. The van der Waals surface area contributed by atoms with Crippen LogP contribution in [0.5, 0.6) is 5.75 Å². The number of piperidine rings is 1. The summed E-state index contributed by atoms with van der Waals surface area (Å²) < 4.78 is 5.48. The molecule has 2 aliphatic rings. The second-order valence-corrected chi connectivity index (χ2v) is 11.0. The quantitative estimate of drug-likeness (QED) is 0.321. The summed E-state index contributed by atoms with van der Waals surface area (Å²) in [5, 5.41) is 0.831. The van der Waals surface area contributed by atoms with Crippen LogP contribution in [-0.4, -0.2) is 43.1 Å². The lowest BCUT2D eigenvalue weighted by Crippen LogP contribution is -2.51. The Labute approximate surface area is 230 Å². The van der Waals surface area contributed by atoms with Gasteiger partial charge in [0.15, 0.2) is 0 Å². The fourth-order valence-corrected chi connectivity index (χ4v) is 6.43. The highest BCUT2D eigenvalue weighted by Gasteiger charge is 2.36. The van der Waals surface area contributed by atoms with Gasteiger partial charge in [0.1, 0.15) is 5.75 Å². The highest BCUT2D eigenvalue weighted by Crippen LogP contribution is 2.38. The van der Waals surface area contributed by atoms with E-state index in [2.05, 4.69) is 35.2 Å². The van der Waals surface area contributed by atoms with E-state index in [0.717, 1.165) is 37.4 Å². The van der Waals surface area contributed by atoms with Crippen LogP contribution in [0.4, 0.5) is 5.69 Å². The molecule has 194 valence electrons. The predicted octanol–water partition coefficient (Wildman–Crippen LogP) is 7.84. The fraction of sp³-hybridized carbons (Fsp3) is 0.387. The molecule has 0 unspecified atom stereocenters. The summed E-state index contributed by atoms with van der Waals surface area (Å²) in [7, 11) is 1.65. The molecular weight excluding hydrogens is 503 g/mol. The number of ether oxygens (including phenoxy) is 1. The molecule has 1 heterocycles. The zero-order valence-electron chi connectivity index (χ0n) is 21.3. The van der Waals surface area contributed by atoms with Crippen molar-refractivity contribution in [3.8, 4) is 5.75 Å². The maximum atomic E-state index is 13.9. The van der Waals surface area contributed by atoms with Crippen LogP contribution in [0, 0.1) is 0 Å². The molecule has 1 saturated carbocycles. The van der Waals surface area contributed by atoms with Gasteiger partial charge in [-0.15, -0.1) is 0 Å². The molecule has 3 aromatic carbocycles. The summed E-state index contributed by atoms with van der Waals surface area (Å²) in [6.07, 6.45) is 6.92. The third-order valence-corrected chi connectivity index (χ3v) is 8.75. The SMILES string of the molecule is COc1cccc(N(C(=O)c2ccc(Cl)c(Cl)c2)C2CCN([C@@H]3CCCC[C@@H]3c3ccccc3)CC2)c1. The van der Waals surface area contributed by atoms with Crippen LogP contribution in [0.15, 0.2) is 72.8 Å². The van der Waals surface area contributed by atoms with E-state index in [-0.39, 0.29) is 11.9 Å². The minimum Gasteiger partial charge on any atom is -0.497 e. The molecule has 0 radical (unpaired) electrons. The monoisotopic (exact) mass is 536 g/mol. The second kappa shape index (κ2) is 11.9. The van der Waals surface area contributed by atoms with Crippen molar-refractivity contribution in [3.05, 3.63) is 94.0 Å². The molecule has 37 heavy (non-hydrogen) atoms. The lowest BCUT2D eigenvalue weighted by molar-refractivity contribution is 0.0895. The Morgan fingerprint density at radius 1 is 0.865 bits per heavy atom. The number of benzene rings is 3. The number of hydrogen-bond donors (Lipinski definition) is 0. The third kappa shape index (κ3) is 5.82. The van der Waals surface area contributed by atoms with E-state index in [1.807, 2.05) is 29.2 Å². The fourth-order valence-electron chi connectivity index (χ4n) is 6.14. The van der Waals surface area contributed by atoms with Gasteiger partial charge in [0.05, 0.1) is 17.2 Å². The van der Waals surface area contributed by atoms with Crippen molar-refractivity contribution in [3.63, 3.8) is 0 Å². The topological polar surface area (TPSA) is 32.8 Å². The molecule has 1 saturated heterocycles. The van der Waals surface area contributed by atoms with Gasteiger partial charge in [-0.2, -0.15) is 0 Å². The summed E-state index contributed by atoms with van der Waals surface area (Å²) in [6, 6.07) is 24.5. The van der Waals surface area contributed by atoms with Gasteiger partial charge in [-0.1, -0.05) is 72.4 Å². The number of anilines is 1. The molecule has 0 bridgehead atoms. The minimum atomic E-state index is -0.0647. The minimum absolute atomic E-state index is 0.0647. The van der Waals surface area contributed by atoms with Crippen molar-refractivity contribution in [2.75, 3.05) is 25.1 Å². The molecule has 0 spiro atoms. The standard InChI is InChI=1S/C31H34Cl2N2O2/c1-37-26-11-7-10-25(21-26)35(31(36)23-14-15-28(32)29(33)20-23)24-16-18-34(19-17-24)30-13-6-5-12-27(30)22-8-3-2-4-9-22/h2-4,7-11,14-15,20-21,24,27,30H,5-6,12-13,16-19H2,1H3/t27-,30-/m1/s1. The van der Waals surface area contributed by atoms with Gasteiger partial charge in [-0.25, -0.2) is 0 Å². The average Bonchev–Trinajstić information content (AvgIpc) is 2.95. The van der Waals surface area contributed by atoms with Gasteiger partial charge in [-0.3, -0.25) is 9.69 Å². The molecule has 2 atom stereocenters. The molecule has 1 aliphatic carbocycles. The summed E-state index contributed by atoms with van der Waals surface area (Å²) in [4.78, 5) is 18.5. The van der Waals surface area contributed by atoms with E-state index < -0.39 is 0 Å². The Hall–Kier alpha value is -2.53. The maximum absolute atomic E-state index is 13.9. The van der Waals surface area contributed by atoms with Crippen LogP contribution in [0.2, 0.25) is 10.0 Å². The first-order chi connectivity index (χ1) is 18.0. The molecule has 1 amide bonds. The van der Waals surface area contributed by atoms with Gasteiger partial charge >= 0.3 is 0 Å². The highest BCUT2D eigenvalue weighted by atomic mass is 35.5. The van der Waals surface area contributed by atoms with E-state index in [0.29, 0.717) is 27.6 Å². The first-order valence-electron chi connectivity index (χ1n) is 13.3. The van der Waals surface area contributed by atoms with E-state index in [1.54, 1.807) is 25.3 Å². The van der Waals surface area contributed by atoms with Crippen molar-refractivity contribution < 1.29 is 9.53 Å². The van der Waals surface area contributed by atoms with Crippen LogP contribution in [0.1, 0.15) is 60.4 Å². The summed E-state index contributed by atoms with van der Waals surface area (Å²) >= 11 is 12.4. The van der Waals surface area contributed by atoms with Crippen LogP contribution >= 0.6 is 23.2 Å². The normalized spacial score (nSPS) is 20.9. The zero-order chi connectivity index (χ0) is 25.8. The van der Waals surface area contributed by atoms with Crippen LogP contribution in [0.25, 0.3) is 0 Å². The number of halogens is 2.